The van der Waals surface area contributed by atoms with E-state index in [4.69, 9.17) is 0 Å². The number of rotatable bonds is 7. The fraction of sp³-hybridized carbons (Fsp3) is 0.333. The highest BCUT2D eigenvalue weighted by atomic mass is 32.1. The molecule has 0 amide bonds. The Morgan fingerprint density at radius 3 is 2.81 bits per heavy atom. The first-order chi connectivity index (χ1) is 10.1. The van der Waals surface area contributed by atoms with Gasteiger partial charge in [-0.05, 0) is 38.1 Å². The van der Waals surface area contributed by atoms with E-state index in [9.17, 15) is 15.2 Å². The number of nitrogens with zero attached hydrogens (tertiary/aromatic N) is 1. The molecular formula is C15H18N2O3S. The Labute approximate surface area is 127 Å². The third-order valence-electron chi connectivity index (χ3n) is 3.07. The Kier molecular flexibility index (Phi) is 5.44. The van der Waals surface area contributed by atoms with Gasteiger partial charge in [0.1, 0.15) is 0 Å². The molecule has 2 rings (SSSR count). The van der Waals surface area contributed by atoms with Crippen LogP contribution in [0, 0.1) is 10.1 Å². The summed E-state index contributed by atoms with van der Waals surface area (Å²) in [6.07, 6.45) is 0.408. The topological polar surface area (TPSA) is 75.4 Å². The molecule has 0 bridgehead atoms. The zero-order chi connectivity index (χ0) is 15.2. The number of benzene rings is 1. The minimum Gasteiger partial charge on any atom is -0.393 e. The summed E-state index contributed by atoms with van der Waals surface area (Å²) in [5, 5.41) is 23.5. The van der Waals surface area contributed by atoms with Crippen molar-refractivity contribution in [1.82, 2.24) is 5.32 Å². The van der Waals surface area contributed by atoms with Gasteiger partial charge < -0.3 is 10.4 Å². The summed E-state index contributed by atoms with van der Waals surface area (Å²) >= 11 is 1.55. The van der Waals surface area contributed by atoms with Gasteiger partial charge in [-0.25, -0.2) is 0 Å². The Hall–Kier alpha value is -1.76. The molecule has 0 aliphatic carbocycles. The number of aliphatic hydroxyl groups excluding tert-OH is 1. The van der Waals surface area contributed by atoms with Gasteiger partial charge in [-0.1, -0.05) is 12.1 Å². The molecule has 0 aliphatic heterocycles. The van der Waals surface area contributed by atoms with Crippen LogP contribution in [0.1, 0.15) is 18.2 Å². The fourth-order valence-electron chi connectivity index (χ4n) is 1.98. The van der Waals surface area contributed by atoms with E-state index in [0.717, 1.165) is 16.3 Å². The van der Waals surface area contributed by atoms with Crippen LogP contribution in [0.3, 0.4) is 0 Å². The maximum absolute atomic E-state index is 11.1. The van der Waals surface area contributed by atoms with Gasteiger partial charge in [0.15, 0.2) is 0 Å². The van der Waals surface area contributed by atoms with Crippen molar-refractivity contribution >= 4 is 17.0 Å². The maximum Gasteiger partial charge on any atom is 0.278 e. The van der Waals surface area contributed by atoms with Crippen LogP contribution in [0.25, 0.3) is 10.4 Å². The largest absolute Gasteiger partial charge is 0.393 e. The molecule has 21 heavy (non-hydrogen) atoms. The van der Waals surface area contributed by atoms with E-state index in [1.165, 1.54) is 6.07 Å². The smallest absolute Gasteiger partial charge is 0.278 e. The summed E-state index contributed by atoms with van der Waals surface area (Å²) in [6, 6.07) is 10.7. The SMILES string of the molecule is CC(O)CCNCc1ccc(-c2ccccc2[N+](=O)[O-])s1. The molecule has 0 saturated heterocycles. The number of thiophene rings is 1. The molecular weight excluding hydrogens is 288 g/mol. The molecule has 2 N–H and O–H groups in total. The first-order valence-electron chi connectivity index (χ1n) is 6.79. The third kappa shape index (κ3) is 4.35. The number of hydrogen-bond acceptors (Lipinski definition) is 5. The Bertz CT molecular complexity index is 610. The van der Waals surface area contributed by atoms with Gasteiger partial charge in [-0.2, -0.15) is 0 Å². The highest BCUT2D eigenvalue weighted by Crippen LogP contribution is 2.34. The lowest BCUT2D eigenvalue weighted by Gasteiger charge is -2.04. The van der Waals surface area contributed by atoms with Crippen LogP contribution in [0.15, 0.2) is 36.4 Å². The summed E-state index contributed by atoms with van der Waals surface area (Å²) < 4.78 is 0. The number of hydrogen-bond donors (Lipinski definition) is 2. The molecule has 0 fully saturated rings. The second-order valence-corrected chi connectivity index (χ2v) is 6.02. The van der Waals surface area contributed by atoms with Crippen LogP contribution < -0.4 is 5.32 Å². The van der Waals surface area contributed by atoms with Crippen molar-refractivity contribution in [2.24, 2.45) is 0 Å². The molecule has 112 valence electrons. The lowest BCUT2D eigenvalue weighted by molar-refractivity contribution is -0.384. The molecule has 0 radical (unpaired) electrons. The maximum atomic E-state index is 11.1. The zero-order valence-electron chi connectivity index (χ0n) is 11.8. The van der Waals surface area contributed by atoms with E-state index in [1.54, 1.807) is 30.4 Å². The Balaban J connectivity index is 2.05. The van der Waals surface area contributed by atoms with E-state index in [1.807, 2.05) is 18.2 Å². The second kappa shape index (κ2) is 7.31. The van der Waals surface area contributed by atoms with Crippen molar-refractivity contribution in [3.05, 3.63) is 51.4 Å². The van der Waals surface area contributed by atoms with Crippen molar-refractivity contribution in [3.63, 3.8) is 0 Å². The highest BCUT2D eigenvalue weighted by molar-refractivity contribution is 7.15. The average molecular weight is 306 g/mol. The summed E-state index contributed by atoms with van der Waals surface area (Å²) in [7, 11) is 0. The molecule has 0 spiro atoms. The van der Waals surface area contributed by atoms with Gasteiger partial charge >= 0.3 is 0 Å². The molecule has 0 saturated carbocycles. The molecule has 1 aromatic carbocycles. The molecule has 5 nitrogen and oxygen atoms in total. The molecule has 1 heterocycles. The van der Waals surface area contributed by atoms with E-state index < -0.39 is 0 Å². The third-order valence-corrected chi connectivity index (χ3v) is 4.18. The monoisotopic (exact) mass is 306 g/mol. The number of nitrogens with one attached hydrogen (secondary N) is 1. The van der Waals surface area contributed by atoms with Crippen molar-refractivity contribution in [1.29, 1.82) is 0 Å². The summed E-state index contributed by atoms with van der Waals surface area (Å²) in [5.41, 5.74) is 0.788. The quantitative estimate of drug-likeness (QED) is 0.468. The van der Waals surface area contributed by atoms with Crippen LogP contribution in [0.5, 0.6) is 0 Å². The minimum absolute atomic E-state index is 0.132. The standard InChI is InChI=1S/C15H18N2O3S/c1-11(18)8-9-16-10-12-6-7-15(21-12)13-4-2-3-5-14(13)17(19)20/h2-7,11,16,18H,8-10H2,1H3. The van der Waals surface area contributed by atoms with Crippen molar-refractivity contribution in [3.8, 4) is 10.4 Å². The molecule has 1 atom stereocenters. The predicted molar refractivity (Wildman–Crippen MR) is 84.4 cm³/mol. The molecule has 1 aromatic heterocycles. The van der Waals surface area contributed by atoms with Crippen LogP contribution >= 0.6 is 11.3 Å². The van der Waals surface area contributed by atoms with Gasteiger partial charge in [-0.3, -0.25) is 10.1 Å². The van der Waals surface area contributed by atoms with Crippen LogP contribution in [0.2, 0.25) is 0 Å². The number of aliphatic hydroxyl groups is 1. The Morgan fingerprint density at radius 1 is 1.33 bits per heavy atom. The highest BCUT2D eigenvalue weighted by Gasteiger charge is 2.15. The van der Waals surface area contributed by atoms with Gasteiger partial charge in [0, 0.05) is 22.4 Å². The van der Waals surface area contributed by atoms with Crippen molar-refractivity contribution < 1.29 is 10.0 Å². The molecule has 2 aromatic rings. The summed E-state index contributed by atoms with van der Waals surface area (Å²) in [5.74, 6) is 0. The summed E-state index contributed by atoms with van der Waals surface area (Å²) in [6.45, 7) is 3.22. The predicted octanol–water partition coefficient (Wildman–Crippen LogP) is 3.18. The zero-order valence-corrected chi connectivity index (χ0v) is 12.6. The molecule has 0 aliphatic rings. The van der Waals surface area contributed by atoms with E-state index in [2.05, 4.69) is 5.32 Å². The van der Waals surface area contributed by atoms with Gasteiger partial charge in [-0.15, -0.1) is 11.3 Å². The van der Waals surface area contributed by atoms with Crippen LogP contribution in [-0.2, 0) is 6.54 Å². The lowest BCUT2D eigenvalue weighted by Crippen LogP contribution is -2.17. The van der Waals surface area contributed by atoms with Crippen molar-refractivity contribution in [2.75, 3.05) is 6.54 Å². The number of para-hydroxylation sites is 1. The normalized spacial score (nSPS) is 12.3. The number of nitro benzene ring substituents is 1. The summed E-state index contributed by atoms with van der Waals surface area (Å²) in [4.78, 5) is 12.7. The van der Waals surface area contributed by atoms with E-state index >= 15 is 0 Å². The van der Waals surface area contributed by atoms with E-state index in [-0.39, 0.29) is 16.7 Å². The second-order valence-electron chi connectivity index (χ2n) is 4.85. The van der Waals surface area contributed by atoms with Crippen molar-refractivity contribution in [2.45, 2.75) is 26.0 Å². The van der Waals surface area contributed by atoms with Gasteiger partial charge in [0.2, 0.25) is 0 Å². The lowest BCUT2D eigenvalue weighted by atomic mass is 10.1. The minimum atomic E-state index is -0.352. The first kappa shape index (κ1) is 15.6. The van der Waals surface area contributed by atoms with Crippen LogP contribution in [0.4, 0.5) is 5.69 Å². The van der Waals surface area contributed by atoms with E-state index in [0.29, 0.717) is 18.5 Å². The Morgan fingerprint density at radius 2 is 2.10 bits per heavy atom. The number of nitro groups is 1. The molecule has 6 heteroatoms. The van der Waals surface area contributed by atoms with Gasteiger partial charge in [0.25, 0.3) is 5.69 Å². The molecule has 1 unspecified atom stereocenters. The average Bonchev–Trinajstić information content (AvgIpc) is 2.92. The first-order valence-corrected chi connectivity index (χ1v) is 7.61. The fourth-order valence-corrected chi connectivity index (χ4v) is 2.99. The van der Waals surface area contributed by atoms with Crippen LogP contribution in [-0.4, -0.2) is 22.7 Å². The van der Waals surface area contributed by atoms with Gasteiger partial charge in [0.05, 0.1) is 16.6 Å².